The van der Waals surface area contributed by atoms with Crippen LogP contribution in [0.1, 0.15) is 36.5 Å². The average Bonchev–Trinajstić information content (AvgIpc) is 3.17. The Morgan fingerprint density at radius 1 is 1.40 bits per heavy atom. The third-order valence-electron chi connectivity index (χ3n) is 3.81. The van der Waals surface area contributed by atoms with Gasteiger partial charge in [-0.2, -0.15) is 0 Å². The Hall–Kier alpha value is -1.75. The van der Waals surface area contributed by atoms with Gasteiger partial charge in [-0.1, -0.05) is 24.6 Å². The molecule has 0 unspecified atom stereocenters. The summed E-state index contributed by atoms with van der Waals surface area (Å²) in [6.07, 6.45) is 3.29. The van der Waals surface area contributed by atoms with Crippen molar-refractivity contribution in [2.45, 2.75) is 26.2 Å². The van der Waals surface area contributed by atoms with Crippen LogP contribution in [0.2, 0.25) is 5.02 Å². The third kappa shape index (κ3) is 3.22. The normalized spacial score (nSPS) is 15.5. The fraction of sp³-hybridized carbons (Fsp3) is 0.429. The number of hydrogen-bond acceptors (Lipinski definition) is 2. The highest BCUT2D eigenvalue weighted by Crippen LogP contribution is 2.47. The molecule has 108 valence electrons. The summed E-state index contributed by atoms with van der Waals surface area (Å²) in [4.78, 5) is 23.0. The number of aromatic carboxylic acids is 1. The first-order valence-corrected chi connectivity index (χ1v) is 6.92. The molecule has 0 bridgehead atoms. The van der Waals surface area contributed by atoms with E-state index >= 15 is 0 Å². The Morgan fingerprint density at radius 3 is 2.65 bits per heavy atom. The number of carbonyl (C=O) groups excluding carboxylic acids is 1. The second kappa shape index (κ2) is 5.71. The molecule has 1 aromatic rings. The molecule has 0 saturated heterocycles. The molecule has 3 N–H and O–H groups in total. The van der Waals surface area contributed by atoms with Crippen molar-refractivity contribution in [3.63, 3.8) is 0 Å². The quantitative estimate of drug-likeness (QED) is 0.779. The molecule has 1 aliphatic rings. The molecular weight excluding hydrogens is 280 g/mol. The first kappa shape index (κ1) is 14.7. The lowest BCUT2D eigenvalue weighted by molar-refractivity contribution is 0.0698. The number of carboxylic acid groups (broad SMARTS) is 1. The lowest BCUT2D eigenvalue weighted by Gasteiger charge is -2.15. The first-order chi connectivity index (χ1) is 9.47. The standard InChI is InChI=1S/C14H17ClN2O3/c1-2-14(6-7-14)8-16-13(20)17-10-5-3-4-9(15)11(10)12(18)19/h3-5H,2,6-8H2,1H3,(H,18,19)(H2,16,17,20). The number of amides is 2. The van der Waals surface area contributed by atoms with E-state index in [1.54, 1.807) is 6.07 Å². The van der Waals surface area contributed by atoms with Gasteiger partial charge in [-0.15, -0.1) is 0 Å². The van der Waals surface area contributed by atoms with Gasteiger partial charge in [0.05, 0.1) is 10.7 Å². The summed E-state index contributed by atoms with van der Waals surface area (Å²) in [5.74, 6) is -1.17. The average molecular weight is 297 g/mol. The lowest BCUT2D eigenvalue weighted by Crippen LogP contribution is -2.34. The summed E-state index contributed by atoms with van der Waals surface area (Å²) in [6, 6.07) is 4.18. The molecule has 6 heteroatoms. The highest BCUT2D eigenvalue weighted by molar-refractivity contribution is 6.34. The number of benzene rings is 1. The van der Waals surface area contributed by atoms with E-state index in [0.29, 0.717) is 6.54 Å². The smallest absolute Gasteiger partial charge is 0.339 e. The van der Waals surface area contributed by atoms with Gasteiger partial charge in [0.15, 0.2) is 0 Å². The Balaban J connectivity index is 2.01. The molecule has 0 radical (unpaired) electrons. The van der Waals surface area contributed by atoms with E-state index in [1.807, 2.05) is 0 Å². The van der Waals surface area contributed by atoms with Crippen LogP contribution in [0.4, 0.5) is 10.5 Å². The van der Waals surface area contributed by atoms with Crippen molar-refractivity contribution in [1.29, 1.82) is 0 Å². The van der Waals surface area contributed by atoms with E-state index < -0.39 is 12.0 Å². The van der Waals surface area contributed by atoms with Crippen molar-refractivity contribution in [3.05, 3.63) is 28.8 Å². The Kier molecular flexibility index (Phi) is 4.18. The Morgan fingerprint density at radius 2 is 2.10 bits per heavy atom. The number of rotatable bonds is 5. The van der Waals surface area contributed by atoms with Crippen molar-refractivity contribution in [2.75, 3.05) is 11.9 Å². The third-order valence-corrected chi connectivity index (χ3v) is 4.12. The summed E-state index contributed by atoms with van der Waals surface area (Å²) in [6.45, 7) is 2.71. The van der Waals surface area contributed by atoms with Gasteiger partial charge in [0.2, 0.25) is 0 Å². The number of anilines is 1. The van der Waals surface area contributed by atoms with Crippen LogP contribution in [0, 0.1) is 5.41 Å². The van der Waals surface area contributed by atoms with Crippen LogP contribution in [-0.4, -0.2) is 23.7 Å². The van der Waals surface area contributed by atoms with Crippen LogP contribution in [0.5, 0.6) is 0 Å². The molecule has 2 rings (SSSR count). The summed E-state index contributed by atoms with van der Waals surface area (Å²) < 4.78 is 0. The van der Waals surface area contributed by atoms with E-state index in [4.69, 9.17) is 16.7 Å². The minimum Gasteiger partial charge on any atom is -0.478 e. The van der Waals surface area contributed by atoms with Crippen LogP contribution in [0.15, 0.2) is 18.2 Å². The summed E-state index contributed by atoms with van der Waals surface area (Å²) in [5, 5.41) is 14.5. The monoisotopic (exact) mass is 296 g/mol. The lowest BCUT2D eigenvalue weighted by atomic mass is 10.0. The molecular formula is C14H17ClN2O3. The number of carboxylic acids is 1. The molecule has 0 atom stereocenters. The maximum Gasteiger partial charge on any atom is 0.339 e. The molecule has 1 saturated carbocycles. The van der Waals surface area contributed by atoms with Gasteiger partial charge in [0.25, 0.3) is 0 Å². The number of carbonyl (C=O) groups is 2. The number of urea groups is 1. The largest absolute Gasteiger partial charge is 0.478 e. The van der Waals surface area contributed by atoms with Gasteiger partial charge in [0, 0.05) is 6.54 Å². The molecule has 1 fully saturated rings. The molecule has 0 aromatic heterocycles. The van der Waals surface area contributed by atoms with Crippen molar-refractivity contribution < 1.29 is 14.7 Å². The molecule has 0 spiro atoms. The summed E-state index contributed by atoms with van der Waals surface area (Å²) in [5.41, 5.74) is 0.339. The minimum atomic E-state index is -1.17. The van der Waals surface area contributed by atoms with Gasteiger partial charge >= 0.3 is 12.0 Å². The molecule has 20 heavy (non-hydrogen) atoms. The van der Waals surface area contributed by atoms with E-state index in [9.17, 15) is 9.59 Å². The van der Waals surface area contributed by atoms with Gasteiger partial charge in [0.1, 0.15) is 5.56 Å². The van der Waals surface area contributed by atoms with E-state index in [1.165, 1.54) is 12.1 Å². The molecule has 1 aliphatic carbocycles. The molecule has 0 heterocycles. The molecule has 2 amide bonds. The summed E-state index contributed by atoms with van der Waals surface area (Å²) in [7, 11) is 0. The molecule has 0 aliphatic heterocycles. The van der Waals surface area contributed by atoms with E-state index in [2.05, 4.69) is 17.6 Å². The van der Waals surface area contributed by atoms with Gasteiger partial charge in [-0.3, -0.25) is 0 Å². The maximum absolute atomic E-state index is 11.8. The number of hydrogen-bond donors (Lipinski definition) is 3. The van der Waals surface area contributed by atoms with Crippen molar-refractivity contribution in [1.82, 2.24) is 5.32 Å². The van der Waals surface area contributed by atoms with Crippen LogP contribution in [-0.2, 0) is 0 Å². The zero-order chi connectivity index (χ0) is 14.8. The second-order valence-electron chi connectivity index (χ2n) is 5.13. The van der Waals surface area contributed by atoms with Crippen LogP contribution >= 0.6 is 11.6 Å². The number of nitrogens with one attached hydrogen (secondary N) is 2. The van der Waals surface area contributed by atoms with E-state index in [0.717, 1.165) is 19.3 Å². The van der Waals surface area contributed by atoms with Crippen molar-refractivity contribution >= 4 is 29.3 Å². The van der Waals surface area contributed by atoms with Gasteiger partial charge in [-0.05, 0) is 36.8 Å². The molecule has 1 aromatic carbocycles. The van der Waals surface area contributed by atoms with Crippen molar-refractivity contribution in [2.24, 2.45) is 5.41 Å². The van der Waals surface area contributed by atoms with Crippen LogP contribution in [0.3, 0.4) is 0 Å². The zero-order valence-electron chi connectivity index (χ0n) is 11.2. The minimum absolute atomic E-state index is 0.0963. The van der Waals surface area contributed by atoms with Gasteiger partial charge in [-0.25, -0.2) is 9.59 Å². The SMILES string of the molecule is CCC1(CNC(=O)Nc2cccc(Cl)c2C(=O)O)CC1. The second-order valence-corrected chi connectivity index (χ2v) is 5.54. The Labute approximate surface area is 122 Å². The molecule has 5 nitrogen and oxygen atoms in total. The van der Waals surface area contributed by atoms with Crippen molar-refractivity contribution in [3.8, 4) is 0 Å². The highest BCUT2D eigenvalue weighted by atomic mass is 35.5. The fourth-order valence-electron chi connectivity index (χ4n) is 2.11. The van der Waals surface area contributed by atoms with Gasteiger partial charge < -0.3 is 15.7 Å². The topological polar surface area (TPSA) is 78.4 Å². The summed E-state index contributed by atoms with van der Waals surface area (Å²) >= 11 is 5.84. The highest BCUT2D eigenvalue weighted by Gasteiger charge is 2.40. The number of halogens is 1. The first-order valence-electron chi connectivity index (χ1n) is 6.54. The van der Waals surface area contributed by atoms with Crippen LogP contribution in [0.25, 0.3) is 0 Å². The van der Waals surface area contributed by atoms with E-state index in [-0.39, 0.29) is 21.7 Å². The predicted octanol–water partition coefficient (Wildman–Crippen LogP) is 3.35. The zero-order valence-corrected chi connectivity index (χ0v) is 12.0. The fourth-order valence-corrected chi connectivity index (χ4v) is 2.37. The maximum atomic E-state index is 11.8. The predicted molar refractivity (Wildman–Crippen MR) is 77.4 cm³/mol. The van der Waals surface area contributed by atoms with Crippen LogP contribution < -0.4 is 10.6 Å². The Bertz CT molecular complexity index is 541.